The van der Waals surface area contributed by atoms with Crippen molar-refractivity contribution < 1.29 is 18.8 Å². The van der Waals surface area contributed by atoms with Gasteiger partial charge in [-0.3, -0.25) is 9.78 Å². The summed E-state index contributed by atoms with van der Waals surface area (Å²) in [6.45, 7) is 0.936. The molecule has 4 aromatic rings. The van der Waals surface area contributed by atoms with Crippen molar-refractivity contribution in [2.75, 3.05) is 6.54 Å². The molecule has 0 radical (unpaired) electrons. The minimum absolute atomic E-state index is 0.0650. The maximum absolute atomic E-state index is 14.7. The molecule has 0 saturated heterocycles. The van der Waals surface area contributed by atoms with Crippen molar-refractivity contribution in [3.05, 3.63) is 78.7 Å². The third kappa shape index (κ3) is 4.96. The number of pyridine rings is 1. The Kier molecular flexibility index (Phi) is 6.72. The van der Waals surface area contributed by atoms with Crippen molar-refractivity contribution >= 4 is 5.97 Å². The normalized spacial score (nSPS) is 16.9. The molecule has 1 aromatic carbocycles. The van der Waals surface area contributed by atoms with E-state index in [9.17, 15) is 9.18 Å². The molecule has 2 unspecified atom stereocenters. The van der Waals surface area contributed by atoms with E-state index in [1.807, 2.05) is 24.3 Å². The number of carboxylic acids is 1. The van der Waals surface area contributed by atoms with Crippen LogP contribution in [0.25, 0.3) is 34.2 Å². The Morgan fingerprint density at radius 2 is 1.86 bits per heavy atom. The average Bonchev–Trinajstić information content (AvgIpc) is 3.55. The van der Waals surface area contributed by atoms with Gasteiger partial charge in [-0.1, -0.05) is 52.9 Å². The molecule has 182 valence electrons. The number of hydrogen-bond acceptors (Lipinski definition) is 8. The van der Waals surface area contributed by atoms with Crippen LogP contribution in [0.5, 0.6) is 0 Å². The monoisotopic (exact) mass is 487 g/mol. The van der Waals surface area contributed by atoms with Gasteiger partial charge in [0.1, 0.15) is 17.9 Å². The maximum Gasteiger partial charge on any atom is 0.304 e. The summed E-state index contributed by atoms with van der Waals surface area (Å²) >= 11 is 0. The second kappa shape index (κ2) is 10.4. The second-order valence-electron chi connectivity index (χ2n) is 8.11. The Labute approximate surface area is 205 Å². The van der Waals surface area contributed by atoms with Gasteiger partial charge in [-0.2, -0.15) is 4.98 Å². The smallest absolute Gasteiger partial charge is 0.304 e. The minimum atomic E-state index is -1.26. The molecule has 3 aromatic heterocycles. The van der Waals surface area contributed by atoms with Crippen LogP contribution in [0.3, 0.4) is 0 Å². The molecule has 10 nitrogen and oxygen atoms in total. The number of benzene rings is 1. The number of nitrogens with one attached hydrogen (secondary N) is 1. The van der Waals surface area contributed by atoms with Crippen LogP contribution in [0.2, 0.25) is 0 Å². The topological polar surface area (TPSA) is 132 Å². The quantitative estimate of drug-likeness (QED) is 0.340. The highest BCUT2D eigenvalue weighted by atomic mass is 19.1. The van der Waals surface area contributed by atoms with Crippen molar-refractivity contribution in [1.82, 2.24) is 35.4 Å². The van der Waals surface area contributed by atoms with Gasteiger partial charge >= 0.3 is 5.97 Å². The van der Waals surface area contributed by atoms with E-state index >= 15 is 0 Å². The lowest BCUT2D eigenvalue weighted by molar-refractivity contribution is -0.136. The highest BCUT2D eigenvalue weighted by Crippen LogP contribution is 2.34. The average molecular weight is 487 g/mol. The number of aliphatic carboxylic acids is 1. The molecule has 0 fully saturated rings. The van der Waals surface area contributed by atoms with Gasteiger partial charge in [-0.05, 0) is 23.8 Å². The molecule has 3 heterocycles. The van der Waals surface area contributed by atoms with Crippen LogP contribution in [0.15, 0.2) is 77.6 Å². The number of halogens is 1. The van der Waals surface area contributed by atoms with Crippen LogP contribution < -0.4 is 5.32 Å². The van der Waals surface area contributed by atoms with E-state index in [2.05, 4.69) is 30.8 Å². The highest BCUT2D eigenvalue weighted by Gasteiger charge is 2.29. The zero-order chi connectivity index (χ0) is 24.9. The number of carboxylic acid groups (broad SMARTS) is 1. The van der Waals surface area contributed by atoms with Gasteiger partial charge in [0.25, 0.3) is 5.89 Å². The van der Waals surface area contributed by atoms with E-state index in [0.29, 0.717) is 30.3 Å². The number of allylic oxidation sites excluding steroid dienone is 4. The van der Waals surface area contributed by atoms with Gasteiger partial charge in [0.05, 0.1) is 6.42 Å². The number of alkyl halides is 1. The van der Waals surface area contributed by atoms with Crippen LogP contribution in [0, 0.1) is 0 Å². The van der Waals surface area contributed by atoms with Crippen molar-refractivity contribution in [2.24, 2.45) is 0 Å². The number of aromatic nitrogens is 6. The van der Waals surface area contributed by atoms with Gasteiger partial charge in [0.2, 0.25) is 5.82 Å². The molecular weight excluding hydrogens is 465 g/mol. The summed E-state index contributed by atoms with van der Waals surface area (Å²) in [7, 11) is 0. The lowest BCUT2D eigenvalue weighted by Crippen LogP contribution is -2.20. The molecule has 0 aliphatic heterocycles. The summed E-state index contributed by atoms with van der Waals surface area (Å²) in [6.07, 6.45) is 8.70. The van der Waals surface area contributed by atoms with Gasteiger partial charge < -0.3 is 14.9 Å². The lowest BCUT2D eigenvalue weighted by Gasteiger charge is -2.19. The molecule has 0 saturated carbocycles. The second-order valence-corrected chi connectivity index (χ2v) is 8.11. The predicted molar refractivity (Wildman–Crippen MR) is 128 cm³/mol. The predicted octanol–water partition coefficient (Wildman–Crippen LogP) is 3.63. The standard InChI is InChI=1S/C25H22FN7O3/c26-19-3-1-2-4-20(19)33-23(17-9-12-27-13-10-17)22(30-32-33)25-29-24(31-36-25)18-7-5-16(6-8-18)15-28-14-11-21(34)35/h1-10,12-13,19-20,28H,11,14-15H2,(H,34,35). The molecule has 0 amide bonds. The Morgan fingerprint density at radius 3 is 2.61 bits per heavy atom. The summed E-state index contributed by atoms with van der Waals surface area (Å²) in [5.74, 6) is -0.308. The summed E-state index contributed by atoms with van der Waals surface area (Å²) in [4.78, 5) is 19.2. The molecule has 1 aliphatic rings. The van der Waals surface area contributed by atoms with E-state index in [1.54, 1.807) is 42.8 Å². The molecule has 0 spiro atoms. The molecule has 0 bridgehead atoms. The van der Waals surface area contributed by atoms with Crippen LogP contribution >= 0.6 is 0 Å². The molecule has 5 rings (SSSR count). The van der Waals surface area contributed by atoms with Crippen molar-refractivity contribution in [3.8, 4) is 34.2 Å². The summed E-state index contributed by atoms with van der Waals surface area (Å²) < 4.78 is 21.8. The van der Waals surface area contributed by atoms with E-state index in [4.69, 9.17) is 9.63 Å². The first kappa shape index (κ1) is 23.2. The van der Waals surface area contributed by atoms with Gasteiger partial charge in [-0.25, -0.2) is 9.07 Å². The summed E-state index contributed by atoms with van der Waals surface area (Å²) in [5.41, 5.74) is 3.35. The van der Waals surface area contributed by atoms with Crippen LogP contribution in [-0.2, 0) is 11.3 Å². The summed E-state index contributed by atoms with van der Waals surface area (Å²) in [5, 5.41) is 24.4. The molecule has 36 heavy (non-hydrogen) atoms. The fourth-order valence-electron chi connectivity index (χ4n) is 3.85. The van der Waals surface area contributed by atoms with Gasteiger partial charge in [0.15, 0.2) is 5.69 Å². The lowest BCUT2D eigenvalue weighted by atomic mass is 10.1. The number of hydrogen-bond donors (Lipinski definition) is 2. The van der Waals surface area contributed by atoms with Gasteiger partial charge in [0, 0.05) is 36.6 Å². The fourth-order valence-corrected chi connectivity index (χ4v) is 3.85. The zero-order valence-electron chi connectivity index (χ0n) is 19.0. The molecule has 11 heteroatoms. The van der Waals surface area contributed by atoms with Crippen LogP contribution in [0.1, 0.15) is 18.0 Å². The Bertz CT molecular complexity index is 1400. The van der Waals surface area contributed by atoms with Crippen LogP contribution in [0.4, 0.5) is 4.39 Å². The minimum Gasteiger partial charge on any atom is -0.481 e. The number of carbonyl (C=O) groups is 1. The van der Waals surface area contributed by atoms with Crippen LogP contribution in [-0.4, -0.2) is 53.9 Å². The molecule has 1 aliphatic carbocycles. The fraction of sp³-hybridized carbons (Fsp3) is 0.200. The first-order valence-corrected chi connectivity index (χ1v) is 11.3. The Morgan fingerprint density at radius 1 is 1.08 bits per heavy atom. The summed E-state index contributed by atoms with van der Waals surface area (Å²) in [6, 6.07) is 10.4. The van der Waals surface area contributed by atoms with E-state index in [0.717, 1.165) is 16.7 Å². The maximum atomic E-state index is 14.7. The van der Waals surface area contributed by atoms with Gasteiger partial charge in [-0.15, -0.1) is 5.10 Å². The first-order valence-electron chi connectivity index (χ1n) is 11.3. The third-order valence-electron chi connectivity index (χ3n) is 5.66. The first-order chi connectivity index (χ1) is 17.6. The van der Waals surface area contributed by atoms with Crippen molar-refractivity contribution in [2.45, 2.75) is 25.2 Å². The van der Waals surface area contributed by atoms with E-state index in [1.165, 1.54) is 10.8 Å². The molecular formula is C25H22FN7O3. The van der Waals surface area contributed by atoms with Crippen molar-refractivity contribution in [1.29, 1.82) is 0 Å². The largest absolute Gasteiger partial charge is 0.481 e. The van der Waals surface area contributed by atoms with E-state index in [-0.39, 0.29) is 12.3 Å². The zero-order valence-corrected chi connectivity index (χ0v) is 19.0. The molecule has 2 atom stereocenters. The third-order valence-corrected chi connectivity index (χ3v) is 5.66. The number of nitrogens with zero attached hydrogens (tertiary/aromatic N) is 6. The number of rotatable bonds is 9. The SMILES string of the molecule is O=C(O)CCNCc1ccc(-c2noc(-c3nnn(C4C=CC=CC4F)c3-c3ccncc3)n2)cc1. The Balaban J connectivity index is 1.41. The molecule has 2 N–H and O–H groups in total. The Hall–Kier alpha value is -4.51. The highest BCUT2D eigenvalue weighted by molar-refractivity contribution is 5.74. The van der Waals surface area contributed by atoms with E-state index < -0.39 is 18.2 Å². The van der Waals surface area contributed by atoms with Crippen molar-refractivity contribution in [3.63, 3.8) is 0 Å².